The first kappa shape index (κ1) is 21.5. The van der Waals surface area contributed by atoms with E-state index in [1.54, 1.807) is 66.7 Å². The molecule has 0 amide bonds. The van der Waals surface area contributed by atoms with E-state index < -0.39 is 27.2 Å². The molecule has 0 aromatic heterocycles. The Morgan fingerprint density at radius 1 is 0.897 bits per heavy atom. The molecule has 0 bridgehead atoms. The molecule has 0 unspecified atom stereocenters. The number of carbonyl (C=O) groups is 1. The summed E-state index contributed by atoms with van der Waals surface area (Å²) in [7, 11) is -3.97. The van der Waals surface area contributed by atoms with E-state index in [4.69, 9.17) is 23.2 Å². The maximum Gasteiger partial charge on any atom is 0.241 e. The number of hydrogen-bond acceptors (Lipinski definition) is 3. The topological polar surface area (TPSA) is 63.2 Å². The molecule has 4 nitrogen and oxygen atoms in total. The Balaban J connectivity index is 1.99. The van der Waals surface area contributed by atoms with Crippen molar-refractivity contribution in [2.24, 2.45) is 0 Å². The highest BCUT2D eigenvalue weighted by atomic mass is 35.5. The molecule has 0 aliphatic heterocycles. The lowest BCUT2D eigenvalue weighted by Gasteiger charge is -2.23. The van der Waals surface area contributed by atoms with Crippen LogP contribution in [-0.2, 0) is 10.0 Å². The van der Waals surface area contributed by atoms with Crippen molar-refractivity contribution in [3.63, 3.8) is 0 Å². The maximum absolute atomic E-state index is 13.2. The second kappa shape index (κ2) is 9.09. The molecule has 3 aromatic carbocycles. The number of nitrogens with one attached hydrogen (secondary N) is 1. The molecule has 0 radical (unpaired) electrons. The number of carbonyl (C=O) groups excluding carboxylic acids is 1. The summed E-state index contributed by atoms with van der Waals surface area (Å²) in [5.41, 5.74) is 1.87. The number of rotatable bonds is 7. The summed E-state index contributed by atoms with van der Waals surface area (Å²) in [5.74, 6) is -0.420. The summed E-state index contributed by atoms with van der Waals surface area (Å²) in [6.45, 7) is 1.86. The highest BCUT2D eigenvalue weighted by Gasteiger charge is 2.33. The summed E-state index contributed by atoms with van der Waals surface area (Å²) >= 11 is 12.5. The molecule has 7 heteroatoms. The predicted octanol–water partition coefficient (Wildman–Crippen LogP) is 5.16. The molecule has 0 spiro atoms. The molecular weight excluding hydrogens is 429 g/mol. The van der Waals surface area contributed by atoms with Crippen LogP contribution in [0.1, 0.15) is 26.9 Å². The van der Waals surface area contributed by atoms with Crippen LogP contribution in [0.3, 0.4) is 0 Å². The molecule has 3 aromatic rings. The number of benzene rings is 3. The van der Waals surface area contributed by atoms with Crippen molar-refractivity contribution >= 4 is 39.0 Å². The van der Waals surface area contributed by atoms with Gasteiger partial charge in [0.25, 0.3) is 0 Å². The zero-order valence-corrected chi connectivity index (χ0v) is 17.9. The van der Waals surface area contributed by atoms with Crippen LogP contribution in [0.25, 0.3) is 0 Å². The van der Waals surface area contributed by atoms with E-state index in [0.717, 1.165) is 5.56 Å². The van der Waals surface area contributed by atoms with Gasteiger partial charge in [0.15, 0.2) is 5.78 Å². The van der Waals surface area contributed by atoms with E-state index in [9.17, 15) is 13.2 Å². The third-order valence-corrected chi connectivity index (χ3v) is 6.65. The molecule has 0 aliphatic rings. The first-order chi connectivity index (χ1) is 13.8. The monoisotopic (exact) mass is 447 g/mol. The van der Waals surface area contributed by atoms with Gasteiger partial charge in [-0.05, 0) is 36.8 Å². The second-order valence-corrected chi connectivity index (χ2v) is 9.22. The van der Waals surface area contributed by atoms with Gasteiger partial charge in [-0.25, -0.2) is 8.42 Å². The lowest BCUT2D eigenvalue weighted by atomic mass is 9.98. The minimum absolute atomic E-state index is 0.0638. The highest BCUT2D eigenvalue weighted by Crippen LogP contribution is 2.29. The third-order valence-electron chi connectivity index (χ3n) is 4.44. The van der Waals surface area contributed by atoms with Crippen LogP contribution in [0, 0.1) is 6.92 Å². The van der Waals surface area contributed by atoms with E-state index in [1.165, 1.54) is 12.1 Å². The average molecular weight is 448 g/mol. The molecule has 150 valence electrons. The summed E-state index contributed by atoms with van der Waals surface area (Å²) in [6, 6.07) is 20.3. The average Bonchev–Trinajstić information content (AvgIpc) is 2.72. The van der Waals surface area contributed by atoms with E-state index in [0.29, 0.717) is 16.1 Å². The van der Waals surface area contributed by atoms with E-state index in [1.807, 2.05) is 6.92 Å². The maximum atomic E-state index is 13.2. The van der Waals surface area contributed by atoms with Crippen molar-refractivity contribution in [3.8, 4) is 0 Å². The van der Waals surface area contributed by atoms with Gasteiger partial charge in [-0.15, -0.1) is 11.6 Å². The minimum Gasteiger partial charge on any atom is -0.292 e. The summed E-state index contributed by atoms with van der Waals surface area (Å²) in [4.78, 5) is 13.2. The van der Waals surface area contributed by atoms with E-state index in [-0.39, 0.29) is 4.90 Å². The Hall–Kier alpha value is -2.18. The van der Waals surface area contributed by atoms with Crippen LogP contribution in [0.2, 0.25) is 5.02 Å². The van der Waals surface area contributed by atoms with Crippen molar-refractivity contribution in [1.29, 1.82) is 0 Å². The van der Waals surface area contributed by atoms with Crippen LogP contribution >= 0.6 is 23.2 Å². The molecule has 0 aliphatic carbocycles. The van der Waals surface area contributed by atoms with Crippen LogP contribution in [-0.4, -0.2) is 20.2 Å². The fourth-order valence-corrected chi connectivity index (χ4v) is 4.55. The number of sulfonamides is 1. The van der Waals surface area contributed by atoms with Crippen molar-refractivity contribution in [3.05, 3.63) is 101 Å². The molecular formula is C22H19Cl2NO3S. The summed E-state index contributed by atoms with van der Waals surface area (Å²) in [5, 5.41) is -0.413. The Morgan fingerprint density at radius 3 is 2.07 bits per heavy atom. The third kappa shape index (κ3) is 5.25. The number of aryl methyl sites for hydroxylation is 1. The van der Waals surface area contributed by atoms with Gasteiger partial charge in [-0.3, -0.25) is 4.79 Å². The van der Waals surface area contributed by atoms with Gasteiger partial charge in [0.05, 0.1) is 10.3 Å². The lowest BCUT2D eigenvalue weighted by molar-refractivity contribution is 0.0951. The Kier molecular flexibility index (Phi) is 6.75. The van der Waals surface area contributed by atoms with Crippen molar-refractivity contribution in [1.82, 2.24) is 4.72 Å². The van der Waals surface area contributed by atoms with Crippen LogP contribution in [0.5, 0.6) is 0 Å². The number of halogens is 2. The van der Waals surface area contributed by atoms with Crippen molar-refractivity contribution < 1.29 is 13.2 Å². The molecule has 0 saturated heterocycles. The smallest absolute Gasteiger partial charge is 0.241 e. The molecule has 2 atom stereocenters. The minimum atomic E-state index is -3.97. The first-order valence-electron chi connectivity index (χ1n) is 8.86. The van der Waals surface area contributed by atoms with Gasteiger partial charge in [-0.1, -0.05) is 71.8 Å². The zero-order chi connectivity index (χ0) is 21.0. The van der Waals surface area contributed by atoms with Gasteiger partial charge in [0.1, 0.15) is 6.04 Å². The number of hydrogen-bond donors (Lipinski definition) is 1. The van der Waals surface area contributed by atoms with Gasteiger partial charge in [0, 0.05) is 10.6 Å². The summed E-state index contributed by atoms with van der Waals surface area (Å²) in [6.07, 6.45) is 0. The Morgan fingerprint density at radius 2 is 1.48 bits per heavy atom. The molecule has 0 saturated carbocycles. The zero-order valence-electron chi connectivity index (χ0n) is 15.5. The number of alkyl halides is 1. The first-order valence-corrected chi connectivity index (χ1v) is 11.2. The molecule has 0 fully saturated rings. The SMILES string of the molecule is Cc1ccc(S(=O)(=O)N[C@H](C(=O)c2ccccc2)[C@@H](Cl)c2ccc(Cl)cc2)cc1. The Bertz CT molecular complexity index is 1080. The second-order valence-electron chi connectivity index (χ2n) is 6.60. The lowest BCUT2D eigenvalue weighted by Crippen LogP contribution is -2.43. The van der Waals surface area contributed by atoms with E-state index >= 15 is 0 Å². The highest BCUT2D eigenvalue weighted by molar-refractivity contribution is 7.89. The van der Waals surface area contributed by atoms with Gasteiger partial charge in [0.2, 0.25) is 10.0 Å². The predicted molar refractivity (Wildman–Crippen MR) is 116 cm³/mol. The van der Waals surface area contributed by atoms with Crippen LogP contribution in [0.15, 0.2) is 83.8 Å². The van der Waals surface area contributed by atoms with Gasteiger partial charge in [-0.2, -0.15) is 4.72 Å². The fourth-order valence-electron chi connectivity index (χ4n) is 2.82. The Labute approximate surface area is 180 Å². The van der Waals surface area contributed by atoms with E-state index in [2.05, 4.69) is 4.72 Å². The number of ketones is 1. The standard InChI is InChI=1S/C22H19Cl2NO3S/c1-15-7-13-19(14-8-15)29(27,28)25-21(22(26)17-5-3-2-4-6-17)20(24)16-9-11-18(23)12-10-16/h2-14,20-21,25H,1H3/t20-,21-/m0/s1. The quantitative estimate of drug-likeness (QED) is 0.401. The number of Topliss-reactive ketones (excluding diaryl/α,β-unsaturated/α-hetero) is 1. The molecule has 0 heterocycles. The van der Waals surface area contributed by atoms with Gasteiger partial charge < -0.3 is 0 Å². The van der Waals surface area contributed by atoms with Crippen LogP contribution in [0.4, 0.5) is 0 Å². The van der Waals surface area contributed by atoms with Crippen molar-refractivity contribution in [2.45, 2.75) is 23.2 Å². The molecule has 3 rings (SSSR count). The van der Waals surface area contributed by atoms with Gasteiger partial charge >= 0.3 is 0 Å². The fraction of sp³-hybridized carbons (Fsp3) is 0.136. The summed E-state index contributed by atoms with van der Waals surface area (Å²) < 4.78 is 28.4. The molecule has 1 N–H and O–H groups in total. The normalized spacial score (nSPS) is 13.6. The molecule has 29 heavy (non-hydrogen) atoms. The van der Waals surface area contributed by atoms with Crippen molar-refractivity contribution in [2.75, 3.05) is 0 Å². The largest absolute Gasteiger partial charge is 0.292 e. The van der Waals surface area contributed by atoms with Crippen LogP contribution < -0.4 is 4.72 Å².